The zero-order valence-corrected chi connectivity index (χ0v) is 22.3. The second-order valence-electron chi connectivity index (χ2n) is 9.22. The average Bonchev–Trinajstić information content (AvgIpc) is 3.43. The molecule has 1 aliphatic rings. The molecule has 0 saturated carbocycles. The maximum atomic E-state index is 12.2. The average molecular weight is 511 g/mol. The van der Waals surface area contributed by atoms with Crippen molar-refractivity contribution in [3.05, 3.63) is 113 Å². The number of ether oxygens (including phenoxy) is 1. The van der Waals surface area contributed by atoms with Gasteiger partial charge in [0.25, 0.3) is 0 Å². The van der Waals surface area contributed by atoms with Crippen molar-refractivity contribution in [1.29, 1.82) is 0 Å². The monoisotopic (exact) mass is 510 g/mol. The van der Waals surface area contributed by atoms with Crippen LogP contribution >= 0.6 is 12.2 Å². The summed E-state index contributed by atoms with van der Waals surface area (Å²) in [5.41, 5.74) is 7.95. The standard InChI is InChI=1S/C30H30N4O2S/c1-5-21-12-14-23(15-13-21)34-28(27(32-30(34)37)26-11-6-7-16-31-26)25-17-19(2)33(20(25)3)24-10-8-9-22(18-24)29(35)36-4/h6-18,27-28H,5H2,1-4H3,(H,32,37)/t27-,28+/m1/s1. The van der Waals surface area contributed by atoms with E-state index in [-0.39, 0.29) is 18.1 Å². The molecule has 0 radical (unpaired) electrons. The Bertz CT molecular complexity index is 1450. The molecule has 0 bridgehead atoms. The number of carbonyl (C=O) groups is 1. The Balaban J connectivity index is 1.65. The van der Waals surface area contributed by atoms with Gasteiger partial charge in [-0.15, -0.1) is 0 Å². The van der Waals surface area contributed by atoms with Crippen molar-refractivity contribution in [3.8, 4) is 5.69 Å². The maximum absolute atomic E-state index is 12.2. The first-order valence-corrected chi connectivity index (χ1v) is 12.8. The fraction of sp³-hybridized carbons (Fsp3) is 0.233. The minimum absolute atomic E-state index is 0.112. The molecular weight excluding hydrogens is 480 g/mol. The summed E-state index contributed by atoms with van der Waals surface area (Å²) < 4.78 is 7.12. The summed E-state index contributed by atoms with van der Waals surface area (Å²) in [7, 11) is 1.40. The number of aromatic nitrogens is 2. The van der Waals surface area contributed by atoms with Crippen LogP contribution in [-0.4, -0.2) is 27.7 Å². The van der Waals surface area contributed by atoms with Gasteiger partial charge in [0.15, 0.2) is 5.11 Å². The molecule has 0 aliphatic carbocycles. The second kappa shape index (κ2) is 10.2. The van der Waals surface area contributed by atoms with E-state index in [0.717, 1.165) is 40.4 Å². The van der Waals surface area contributed by atoms with Crippen LogP contribution in [0, 0.1) is 13.8 Å². The van der Waals surface area contributed by atoms with E-state index in [2.05, 4.69) is 70.9 Å². The first kappa shape index (κ1) is 24.7. The number of thiocarbonyl (C=S) groups is 1. The molecule has 2 atom stereocenters. The van der Waals surface area contributed by atoms with Crippen LogP contribution in [-0.2, 0) is 11.2 Å². The van der Waals surface area contributed by atoms with Crippen LogP contribution in [0.2, 0.25) is 0 Å². The molecule has 0 spiro atoms. The molecule has 37 heavy (non-hydrogen) atoms. The number of esters is 1. The largest absolute Gasteiger partial charge is 0.465 e. The van der Waals surface area contributed by atoms with E-state index in [1.54, 1.807) is 6.07 Å². The molecule has 2 aromatic heterocycles. The van der Waals surface area contributed by atoms with Gasteiger partial charge in [-0.05, 0) is 92.1 Å². The summed E-state index contributed by atoms with van der Waals surface area (Å²) in [6.07, 6.45) is 2.80. The summed E-state index contributed by atoms with van der Waals surface area (Å²) >= 11 is 5.90. The maximum Gasteiger partial charge on any atom is 0.337 e. The molecule has 4 aromatic rings. The third-order valence-corrected chi connectivity index (χ3v) is 7.35. The Morgan fingerprint density at radius 1 is 1.03 bits per heavy atom. The van der Waals surface area contributed by atoms with Crippen molar-refractivity contribution >= 4 is 29.0 Å². The number of aryl methyl sites for hydroxylation is 2. The molecular formula is C30H30N4O2S. The first-order chi connectivity index (χ1) is 17.9. The smallest absolute Gasteiger partial charge is 0.337 e. The lowest BCUT2D eigenvalue weighted by Gasteiger charge is -2.28. The third-order valence-electron chi connectivity index (χ3n) is 7.04. The van der Waals surface area contributed by atoms with E-state index < -0.39 is 0 Å². The van der Waals surface area contributed by atoms with E-state index >= 15 is 0 Å². The predicted octanol–water partition coefficient (Wildman–Crippen LogP) is 6.02. The van der Waals surface area contributed by atoms with Crippen LogP contribution in [0.25, 0.3) is 5.69 Å². The molecule has 1 saturated heterocycles. The summed E-state index contributed by atoms with van der Waals surface area (Å²) in [6, 6.07) is 24.0. The van der Waals surface area contributed by atoms with Crippen LogP contribution < -0.4 is 10.2 Å². The van der Waals surface area contributed by atoms with Crippen LogP contribution in [0.15, 0.2) is 79.0 Å². The van der Waals surface area contributed by atoms with E-state index in [9.17, 15) is 4.79 Å². The molecule has 5 rings (SSSR count). The van der Waals surface area contributed by atoms with Gasteiger partial charge in [0, 0.05) is 29.0 Å². The minimum atomic E-state index is -0.355. The van der Waals surface area contributed by atoms with Crippen molar-refractivity contribution in [2.45, 2.75) is 39.3 Å². The fourth-order valence-corrected chi connectivity index (χ4v) is 5.56. The number of carbonyl (C=O) groups excluding carboxylic acids is 1. The predicted molar refractivity (Wildman–Crippen MR) is 150 cm³/mol. The van der Waals surface area contributed by atoms with Crippen LogP contribution in [0.4, 0.5) is 5.69 Å². The molecule has 3 heterocycles. The molecule has 6 nitrogen and oxygen atoms in total. The van der Waals surface area contributed by atoms with Crippen molar-refractivity contribution in [2.75, 3.05) is 12.0 Å². The van der Waals surface area contributed by atoms with Gasteiger partial charge in [0.05, 0.1) is 30.5 Å². The van der Waals surface area contributed by atoms with Gasteiger partial charge < -0.3 is 19.5 Å². The van der Waals surface area contributed by atoms with Gasteiger partial charge in [-0.25, -0.2) is 4.79 Å². The number of anilines is 1. The highest BCUT2D eigenvalue weighted by Crippen LogP contribution is 2.43. The number of nitrogens with zero attached hydrogens (tertiary/aromatic N) is 3. The first-order valence-electron chi connectivity index (χ1n) is 12.4. The Kier molecular flexibility index (Phi) is 6.80. The van der Waals surface area contributed by atoms with Crippen molar-refractivity contribution < 1.29 is 9.53 Å². The van der Waals surface area contributed by atoms with Crippen LogP contribution in [0.3, 0.4) is 0 Å². The summed E-state index contributed by atoms with van der Waals surface area (Å²) in [5.74, 6) is -0.355. The quantitative estimate of drug-likeness (QED) is 0.253. The normalized spacial score (nSPS) is 17.1. The third kappa shape index (κ3) is 4.51. The van der Waals surface area contributed by atoms with E-state index in [4.69, 9.17) is 17.0 Å². The van der Waals surface area contributed by atoms with Crippen LogP contribution in [0.1, 0.15) is 57.6 Å². The number of benzene rings is 2. The van der Waals surface area contributed by atoms with Gasteiger partial charge in [-0.3, -0.25) is 4.98 Å². The van der Waals surface area contributed by atoms with Crippen molar-refractivity contribution in [2.24, 2.45) is 0 Å². The highest BCUT2D eigenvalue weighted by Gasteiger charge is 2.42. The molecule has 0 amide bonds. The molecule has 1 fully saturated rings. The number of pyridine rings is 1. The Labute approximate surface area is 222 Å². The van der Waals surface area contributed by atoms with Gasteiger partial charge >= 0.3 is 5.97 Å². The Morgan fingerprint density at radius 3 is 2.49 bits per heavy atom. The lowest BCUT2D eigenvalue weighted by molar-refractivity contribution is 0.0600. The number of methoxy groups -OCH3 is 1. The van der Waals surface area contributed by atoms with E-state index in [1.165, 1.54) is 12.7 Å². The van der Waals surface area contributed by atoms with Gasteiger partial charge in [0.2, 0.25) is 0 Å². The van der Waals surface area contributed by atoms with Crippen molar-refractivity contribution in [3.63, 3.8) is 0 Å². The number of nitrogens with one attached hydrogen (secondary N) is 1. The lowest BCUT2D eigenvalue weighted by atomic mass is 9.96. The minimum Gasteiger partial charge on any atom is -0.465 e. The number of hydrogen-bond donors (Lipinski definition) is 1. The highest BCUT2D eigenvalue weighted by molar-refractivity contribution is 7.80. The topological polar surface area (TPSA) is 59.4 Å². The molecule has 2 aromatic carbocycles. The molecule has 1 aliphatic heterocycles. The summed E-state index contributed by atoms with van der Waals surface area (Å²) in [4.78, 5) is 19.1. The zero-order valence-electron chi connectivity index (χ0n) is 21.4. The lowest BCUT2D eigenvalue weighted by Crippen LogP contribution is -2.29. The van der Waals surface area contributed by atoms with E-state index in [1.807, 2.05) is 42.6 Å². The highest BCUT2D eigenvalue weighted by atomic mass is 32.1. The van der Waals surface area contributed by atoms with Crippen LogP contribution in [0.5, 0.6) is 0 Å². The zero-order chi connectivity index (χ0) is 26.1. The fourth-order valence-electron chi connectivity index (χ4n) is 5.22. The molecule has 1 N–H and O–H groups in total. The van der Waals surface area contributed by atoms with Gasteiger partial charge in [-0.1, -0.05) is 31.2 Å². The van der Waals surface area contributed by atoms with Crippen molar-refractivity contribution in [1.82, 2.24) is 14.9 Å². The Hall–Kier alpha value is -3.97. The number of rotatable bonds is 6. The SMILES string of the molecule is CCc1ccc(N2C(=S)N[C@H](c3ccccn3)[C@@H]2c2cc(C)n(-c3cccc(C(=O)OC)c3)c2C)cc1. The van der Waals surface area contributed by atoms with Gasteiger partial charge in [-0.2, -0.15) is 0 Å². The second-order valence-corrected chi connectivity index (χ2v) is 9.61. The molecule has 188 valence electrons. The van der Waals surface area contributed by atoms with Gasteiger partial charge in [0.1, 0.15) is 0 Å². The summed E-state index contributed by atoms with van der Waals surface area (Å²) in [5, 5.41) is 4.22. The van der Waals surface area contributed by atoms with E-state index in [0.29, 0.717) is 10.7 Å². The molecule has 0 unspecified atom stereocenters. The summed E-state index contributed by atoms with van der Waals surface area (Å²) in [6.45, 7) is 6.35. The number of hydrogen-bond acceptors (Lipinski definition) is 4. The molecule has 7 heteroatoms. The Morgan fingerprint density at radius 2 is 1.81 bits per heavy atom.